The van der Waals surface area contributed by atoms with Crippen LogP contribution in [0.5, 0.6) is 11.5 Å². The molecule has 9 rings (SSSR count). The number of hydrogen-bond acceptors (Lipinski definition) is 5. The summed E-state index contributed by atoms with van der Waals surface area (Å²) in [6, 6.07) is 12.8. The largest absolute Gasteiger partial charge is 0.504 e. The van der Waals surface area contributed by atoms with E-state index in [-0.39, 0.29) is 23.1 Å². The fourth-order valence-electron chi connectivity index (χ4n) is 8.48. The molecular weight excluding hydrogens is 440 g/mol. The highest BCUT2D eigenvalue weighted by atomic mass is 16.5. The number of nitrogens with zero attached hydrogens (tertiary/aromatic N) is 1. The van der Waals surface area contributed by atoms with E-state index in [1.165, 1.54) is 18.4 Å². The van der Waals surface area contributed by atoms with E-state index in [0.29, 0.717) is 17.7 Å². The number of hydrogen-bond donors (Lipinski definition) is 3. The third-order valence-corrected chi connectivity index (χ3v) is 10.1. The minimum atomic E-state index is -1.35. The van der Waals surface area contributed by atoms with Crippen LogP contribution in [0, 0.1) is 11.3 Å². The van der Waals surface area contributed by atoms with Gasteiger partial charge in [-0.2, -0.15) is 0 Å². The highest BCUT2D eigenvalue weighted by Crippen LogP contribution is 2.73. The molecule has 2 spiro atoms. The quantitative estimate of drug-likeness (QED) is 0.599. The summed E-state index contributed by atoms with van der Waals surface area (Å²) in [6.45, 7) is 2.09. The van der Waals surface area contributed by atoms with Crippen molar-refractivity contribution in [2.45, 2.75) is 61.3 Å². The molecule has 6 atom stereocenters. The Kier molecular flexibility index (Phi) is 3.77. The first-order valence-corrected chi connectivity index (χ1v) is 13.0. The number of ether oxygens (including phenoxy) is 1. The lowest BCUT2D eigenvalue weighted by Gasteiger charge is -2.70. The molecule has 2 heterocycles. The van der Waals surface area contributed by atoms with Crippen molar-refractivity contribution in [3.8, 4) is 11.5 Å². The van der Waals surface area contributed by atoms with Crippen LogP contribution in [-0.2, 0) is 11.8 Å². The van der Waals surface area contributed by atoms with Gasteiger partial charge in [0, 0.05) is 29.1 Å². The van der Waals surface area contributed by atoms with Crippen LogP contribution in [0.2, 0.25) is 0 Å². The Bertz CT molecular complexity index is 1290. The van der Waals surface area contributed by atoms with Gasteiger partial charge in [0.1, 0.15) is 11.7 Å². The molecule has 35 heavy (non-hydrogen) atoms. The molecule has 6 nitrogen and oxygen atoms in total. The normalized spacial score (nSPS) is 39.7. The molecule has 6 heteroatoms. The van der Waals surface area contributed by atoms with Gasteiger partial charge in [-0.25, -0.2) is 0 Å². The van der Waals surface area contributed by atoms with Crippen LogP contribution < -0.4 is 10.1 Å². The van der Waals surface area contributed by atoms with Crippen LogP contribution >= 0.6 is 0 Å². The zero-order valence-corrected chi connectivity index (χ0v) is 19.6. The van der Waals surface area contributed by atoms with E-state index >= 15 is 0 Å². The van der Waals surface area contributed by atoms with Crippen molar-refractivity contribution in [2.24, 2.45) is 11.3 Å². The molecule has 1 amide bonds. The molecule has 7 aliphatic rings. The zero-order chi connectivity index (χ0) is 23.6. The van der Waals surface area contributed by atoms with Crippen LogP contribution in [0.3, 0.4) is 0 Å². The summed E-state index contributed by atoms with van der Waals surface area (Å²) < 4.78 is 6.57. The predicted molar refractivity (Wildman–Crippen MR) is 129 cm³/mol. The predicted octanol–water partition coefficient (Wildman–Crippen LogP) is 2.92. The maximum Gasteiger partial charge on any atom is 0.251 e. The van der Waals surface area contributed by atoms with Crippen molar-refractivity contribution in [1.82, 2.24) is 10.2 Å². The van der Waals surface area contributed by atoms with E-state index in [4.69, 9.17) is 4.74 Å². The van der Waals surface area contributed by atoms with Crippen molar-refractivity contribution in [2.75, 3.05) is 13.1 Å². The Morgan fingerprint density at radius 1 is 1.14 bits per heavy atom. The van der Waals surface area contributed by atoms with E-state index in [1.807, 2.05) is 24.3 Å². The van der Waals surface area contributed by atoms with Gasteiger partial charge >= 0.3 is 0 Å². The minimum absolute atomic E-state index is 0.148. The van der Waals surface area contributed by atoms with Crippen LogP contribution in [0.4, 0.5) is 0 Å². The number of carbonyl (C=O) groups excluding carboxylic acids is 1. The zero-order valence-electron chi connectivity index (χ0n) is 19.6. The Labute approximate surface area is 204 Å². The second-order valence-electron chi connectivity index (χ2n) is 11.7. The lowest BCUT2D eigenvalue weighted by Crippen LogP contribution is -2.81. The van der Waals surface area contributed by atoms with E-state index in [1.54, 1.807) is 18.2 Å². The summed E-state index contributed by atoms with van der Waals surface area (Å²) >= 11 is 0. The second-order valence-corrected chi connectivity index (χ2v) is 11.7. The number of nitrogens with one attached hydrogen (secondary N) is 1. The number of amides is 1. The minimum Gasteiger partial charge on any atom is -0.504 e. The first-order chi connectivity index (χ1) is 17.0. The number of aliphatic hydroxyl groups is 1. The Balaban J connectivity index is 1.28. The monoisotopic (exact) mass is 470 g/mol. The topological polar surface area (TPSA) is 82.0 Å². The number of rotatable bonds is 4. The number of likely N-dealkylation sites (tertiary alicyclic amines) is 1. The van der Waals surface area contributed by atoms with Crippen molar-refractivity contribution in [1.29, 1.82) is 0 Å². The molecule has 2 saturated carbocycles. The highest BCUT2D eigenvalue weighted by Gasteiger charge is 2.79. The summed E-state index contributed by atoms with van der Waals surface area (Å²) in [7, 11) is 0. The maximum atomic E-state index is 13.2. The molecule has 4 bridgehead atoms. The smallest absolute Gasteiger partial charge is 0.251 e. The molecule has 0 unspecified atom stereocenters. The summed E-state index contributed by atoms with van der Waals surface area (Å²) in [6.07, 6.45) is 8.72. The van der Waals surface area contributed by atoms with Crippen LogP contribution in [-0.4, -0.2) is 57.9 Å². The fraction of sp³-hybridized carbons (Fsp3) is 0.483. The third-order valence-electron chi connectivity index (χ3n) is 10.1. The van der Waals surface area contributed by atoms with Gasteiger partial charge < -0.3 is 20.3 Å². The van der Waals surface area contributed by atoms with Gasteiger partial charge in [0.25, 0.3) is 5.91 Å². The Hall–Kier alpha value is -2.83. The lowest BCUT2D eigenvalue weighted by atomic mass is 9.38. The number of phenols is 1. The Morgan fingerprint density at radius 2 is 1.97 bits per heavy atom. The fourth-order valence-corrected chi connectivity index (χ4v) is 8.48. The first-order valence-electron chi connectivity index (χ1n) is 13.0. The average molecular weight is 471 g/mol. The first kappa shape index (κ1) is 20.4. The van der Waals surface area contributed by atoms with Gasteiger partial charge in [-0.05, 0) is 68.3 Å². The molecule has 0 aromatic heterocycles. The van der Waals surface area contributed by atoms with Crippen molar-refractivity contribution in [3.63, 3.8) is 0 Å². The molecular formula is C29H30N2O4. The van der Waals surface area contributed by atoms with Crippen molar-refractivity contribution >= 4 is 5.91 Å². The molecule has 2 aromatic rings. The molecule has 2 aliphatic heterocycles. The third kappa shape index (κ3) is 2.35. The number of aromatic hydroxyl groups is 1. The number of phenolic OH excluding ortho intramolecular Hbond substituents is 1. The van der Waals surface area contributed by atoms with E-state index in [9.17, 15) is 15.0 Å². The summed E-state index contributed by atoms with van der Waals surface area (Å²) in [5.74, 6) is 1.30. The molecule has 1 saturated heterocycles. The van der Waals surface area contributed by atoms with E-state index < -0.39 is 23.2 Å². The van der Waals surface area contributed by atoms with Gasteiger partial charge in [-0.15, -0.1) is 0 Å². The molecule has 0 radical (unpaired) electrons. The van der Waals surface area contributed by atoms with Gasteiger partial charge in [0.15, 0.2) is 11.5 Å². The number of piperidine rings is 1. The van der Waals surface area contributed by atoms with E-state index in [2.05, 4.69) is 22.4 Å². The molecule has 180 valence electrons. The van der Waals surface area contributed by atoms with Crippen LogP contribution in [0.15, 0.2) is 54.6 Å². The number of benzene rings is 2. The van der Waals surface area contributed by atoms with Crippen molar-refractivity contribution < 1.29 is 19.7 Å². The molecule has 2 aromatic carbocycles. The number of fused-ring (bicyclic) bond motifs is 1. The SMILES string of the molecule is O=C(N[C@H]1C[C@@]23C=C[C@@]1(O)[C@@H]1Oc4c(O)ccc5c4[C@@]12CCN(CC1CC1)[C@H]3C5)c1ccccc1. The highest BCUT2D eigenvalue weighted by molar-refractivity contribution is 5.94. The molecule has 3 fully saturated rings. The van der Waals surface area contributed by atoms with Gasteiger partial charge in [-0.3, -0.25) is 9.69 Å². The second kappa shape index (κ2) is 6.48. The van der Waals surface area contributed by atoms with Gasteiger partial charge in [0.05, 0.1) is 11.5 Å². The molecule has 3 N–H and O–H groups in total. The molecule has 5 aliphatic carbocycles. The standard InChI is InChI=1S/C29H30N2O4/c32-20-9-8-19-14-22-27-10-11-29(34,21(15-27)30-25(33)18-4-2-1-3-5-18)26-28(27,23(19)24(20)35-26)12-13-31(22)16-17-6-7-17/h1-5,8-11,17,21-22,26,32,34H,6-7,12-16H2,(H,30,33)/t21-,22-,26+,27+,28-,29-/m0/s1. The summed E-state index contributed by atoms with van der Waals surface area (Å²) in [4.78, 5) is 15.9. The van der Waals surface area contributed by atoms with Gasteiger partial charge in [0.2, 0.25) is 0 Å². The average Bonchev–Trinajstić information content (AvgIpc) is 3.60. The lowest BCUT2D eigenvalue weighted by molar-refractivity contribution is -0.191. The van der Waals surface area contributed by atoms with Crippen LogP contribution in [0.1, 0.15) is 47.2 Å². The van der Waals surface area contributed by atoms with E-state index in [0.717, 1.165) is 37.4 Å². The Morgan fingerprint density at radius 3 is 2.77 bits per heavy atom. The summed E-state index contributed by atoms with van der Waals surface area (Å²) in [5, 5.41) is 26.2. The number of carbonyl (C=O) groups is 1. The summed E-state index contributed by atoms with van der Waals surface area (Å²) in [5.41, 5.74) is 0.928. The van der Waals surface area contributed by atoms with Gasteiger partial charge in [-0.1, -0.05) is 36.4 Å². The van der Waals surface area contributed by atoms with Crippen LogP contribution in [0.25, 0.3) is 0 Å². The van der Waals surface area contributed by atoms with Crippen molar-refractivity contribution in [3.05, 3.63) is 71.3 Å². The maximum absolute atomic E-state index is 13.2.